The Morgan fingerprint density at radius 2 is 0.562 bits per heavy atom. The number of nitrogens with zero attached hydrogens (tertiary/aromatic N) is 3. The molecule has 3 fully saturated rings. The van der Waals surface area contributed by atoms with E-state index in [1.807, 2.05) is 0 Å². The summed E-state index contributed by atoms with van der Waals surface area (Å²) in [4.78, 5) is 154. The fourth-order valence-electron chi connectivity index (χ4n) is 10.1. The highest BCUT2D eigenvalue weighted by molar-refractivity contribution is 8.21. The molecule has 0 bridgehead atoms. The first kappa shape index (κ1) is 82.5. The van der Waals surface area contributed by atoms with E-state index < -0.39 is 89.3 Å². The maximum Gasteiger partial charge on any atom is 0.186 e. The summed E-state index contributed by atoms with van der Waals surface area (Å²) >= 11 is 12.5. The summed E-state index contributed by atoms with van der Waals surface area (Å²) in [7, 11) is 0. The SMILES string of the molecule is CC(=O)SC[C@H]1O[C@@H](CCCOCC(CN=[N+]=[N-])(COCCC[C@@H]2O[C@H](CSC(C)=O)[C@@H](SC(C)=O)[C@@H](SC(C)=O)[C@@H]2SC(C)=O)COCCC[C@@H]2O[C@H](CSC(C)=O)[C@@H](SC(C)=O)[C@@H](SC(C)=O)[C@@H]2SC(C)=O)[C@@H](SC(C)=O)[C@H](SC(C)=O)[C@@H]1SC(C)=O. The summed E-state index contributed by atoms with van der Waals surface area (Å²) in [6, 6.07) is 0. The van der Waals surface area contributed by atoms with E-state index in [1.165, 1.54) is 83.1 Å². The Balaban J connectivity index is 1.97. The molecule has 3 rings (SSSR count). The van der Waals surface area contributed by atoms with Crippen molar-refractivity contribution in [3.05, 3.63) is 10.4 Å². The van der Waals surface area contributed by atoms with Crippen LogP contribution in [0, 0.1) is 5.41 Å². The molecular weight excluding hydrogens is 1390 g/mol. The molecule has 0 saturated carbocycles. The third-order valence-electron chi connectivity index (χ3n) is 13.3. The van der Waals surface area contributed by atoms with Gasteiger partial charge < -0.3 is 28.4 Å². The minimum Gasteiger partial charge on any atom is -0.381 e. The first-order chi connectivity index (χ1) is 41.9. The molecule has 21 nitrogen and oxygen atoms in total. The van der Waals surface area contributed by atoms with Crippen molar-refractivity contribution in [2.24, 2.45) is 10.5 Å². The molecule has 3 saturated heterocycles. The van der Waals surface area contributed by atoms with Crippen LogP contribution >= 0.6 is 141 Å². The van der Waals surface area contributed by atoms with Crippen LogP contribution in [0.1, 0.15) is 122 Å². The number of hydrogen-bond acceptors (Lipinski definition) is 31. The predicted octanol–water partition coefficient (Wildman–Crippen LogP) is 10.6. The number of hydrogen-bond donors (Lipinski definition) is 0. The Kier molecular flexibility index (Phi) is 40.3. The fourth-order valence-corrected chi connectivity index (χ4v) is 24.0. The van der Waals surface area contributed by atoms with Crippen LogP contribution in [0.25, 0.3) is 10.4 Å². The minimum atomic E-state index is -1.11. The van der Waals surface area contributed by atoms with Crippen LogP contribution in [0.2, 0.25) is 0 Å². The molecule has 3 heterocycles. The zero-order chi connectivity index (χ0) is 66.5. The first-order valence-corrected chi connectivity index (χ1v) is 39.5. The molecule has 3 aliphatic heterocycles. The van der Waals surface area contributed by atoms with Crippen molar-refractivity contribution in [3.63, 3.8) is 0 Å². The molecule has 3 aliphatic rings. The fraction of sp³-hybridized carbons (Fsp3) is 0.786. The molecule has 89 heavy (non-hydrogen) atoms. The Morgan fingerprint density at radius 1 is 0.348 bits per heavy atom. The lowest BCUT2D eigenvalue weighted by atomic mass is 9.91. The zero-order valence-corrected chi connectivity index (χ0v) is 61.9. The zero-order valence-electron chi connectivity index (χ0n) is 52.1. The van der Waals surface area contributed by atoms with Crippen LogP contribution in [-0.4, -0.2) is 209 Å². The van der Waals surface area contributed by atoms with Gasteiger partial charge in [0.2, 0.25) is 0 Å². The second kappa shape index (κ2) is 43.5. The molecule has 0 aromatic carbocycles. The summed E-state index contributed by atoms with van der Waals surface area (Å²) in [5.41, 5.74) is 8.67. The molecule has 0 aromatic rings. The standard InChI is InChI=1S/C56H83N3O18S12/c1-29(60)78-22-44-50(84-35(7)66)53(87-38(10)69)47(81-32(4)63)41(75-44)16-13-19-72-26-56(25-58-59-57,27-73-20-14-17-42-48(82-33(5)64)54(88-39(11)70)51(85-36(8)67)45(76-42)23-79-30(2)61)28-74-21-15-18-43-49(83-34(6)65)55(89-40(12)71)52(86-37(9)68)46(77-43)24-80-31(3)62/h41-55H,13-28H2,1-12H3/t41-,42-,43-,44+,45+,46+,47+,48+,49+,50+,51+,52+,53-,54-,55-/m0/s1. The molecule has 0 radical (unpaired) electrons. The molecule has 15 atom stereocenters. The van der Waals surface area contributed by atoms with Gasteiger partial charge in [0.1, 0.15) is 0 Å². The molecule has 0 spiro atoms. The molecule has 0 aliphatic carbocycles. The van der Waals surface area contributed by atoms with E-state index in [2.05, 4.69) is 10.0 Å². The van der Waals surface area contributed by atoms with E-state index in [0.29, 0.717) is 38.5 Å². The van der Waals surface area contributed by atoms with Gasteiger partial charge in [-0.3, -0.25) is 57.5 Å². The topological polar surface area (TPSA) is 309 Å². The van der Waals surface area contributed by atoms with Crippen molar-refractivity contribution in [1.29, 1.82) is 0 Å². The van der Waals surface area contributed by atoms with Gasteiger partial charge in [-0.15, -0.1) is 0 Å². The van der Waals surface area contributed by atoms with E-state index in [0.717, 1.165) is 141 Å². The van der Waals surface area contributed by atoms with Crippen LogP contribution in [0.4, 0.5) is 0 Å². The number of carbonyl (C=O) groups is 12. The van der Waals surface area contributed by atoms with Gasteiger partial charge in [-0.25, -0.2) is 0 Å². The second-order valence-electron chi connectivity index (χ2n) is 21.2. The van der Waals surface area contributed by atoms with Crippen molar-refractivity contribution in [2.45, 2.75) is 205 Å². The van der Waals surface area contributed by atoms with Crippen LogP contribution in [-0.2, 0) is 86.0 Å². The van der Waals surface area contributed by atoms with Gasteiger partial charge in [0, 0.05) is 153 Å². The lowest BCUT2D eigenvalue weighted by molar-refractivity contribution is -0.110. The lowest BCUT2D eigenvalue weighted by Crippen LogP contribution is -2.55. The summed E-state index contributed by atoms with van der Waals surface area (Å²) in [5.74, 6) is 0.669. The number of ether oxygens (including phenoxy) is 6. The highest BCUT2D eigenvalue weighted by atomic mass is 32.2. The number of azide groups is 1. The summed E-state index contributed by atoms with van der Waals surface area (Å²) in [5, 5.41) is -3.04. The van der Waals surface area contributed by atoms with Crippen molar-refractivity contribution in [1.82, 2.24) is 0 Å². The largest absolute Gasteiger partial charge is 0.381 e. The summed E-state index contributed by atoms with van der Waals surface area (Å²) in [6.07, 6.45) is -1.40. The monoisotopic (exact) mass is 1470 g/mol. The summed E-state index contributed by atoms with van der Waals surface area (Å²) < 4.78 is 39.3. The molecule has 0 aromatic heterocycles. The van der Waals surface area contributed by atoms with E-state index in [9.17, 15) is 63.1 Å². The number of carbonyl (C=O) groups excluding carboxylic acids is 12. The smallest absolute Gasteiger partial charge is 0.186 e. The average Bonchev–Trinajstić information content (AvgIpc) is 1.95. The molecule has 33 heteroatoms. The maximum atomic E-state index is 12.8. The van der Waals surface area contributed by atoms with E-state index in [-0.39, 0.29) is 125 Å². The molecule has 0 unspecified atom stereocenters. The van der Waals surface area contributed by atoms with E-state index in [4.69, 9.17) is 28.4 Å². The van der Waals surface area contributed by atoms with Crippen LogP contribution in [0.3, 0.4) is 0 Å². The molecule has 502 valence electrons. The third kappa shape index (κ3) is 31.4. The lowest BCUT2D eigenvalue weighted by Gasteiger charge is -2.45. The Bertz CT molecular complexity index is 2250. The van der Waals surface area contributed by atoms with Crippen molar-refractivity contribution < 1.29 is 86.0 Å². The predicted molar refractivity (Wildman–Crippen MR) is 371 cm³/mol. The van der Waals surface area contributed by atoms with E-state index >= 15 is 0 Å². The van der Waals surface area contributed by atoms with Crippen LogP contribution in [0.15, 0.2) is 5.11 Å². The highest BCUT2D eigenvalue weighted by Crippen LogP contribution is 2.48. The van der Waals surface area contributed by atoms with Gasteiger partial charge >= 0.3 is 0 Å². The second-order valence-corrected chi connectivity index (χ2v) is 37.0. The van der Waals surface area contributed by atoms with Gasteiger partial charge in [0.05, 0.1) is 87.9 Å². The third-order valence-corrected chi connectivity index (χ3v) is 27.8. The van der Waals surface area contributed by atoms with Crippen LogP contribution in [0.5, 0.6) is 0 Å². The van der Waals surface area contributed by atoms with Gasteiger partial charge in [0.25, 0.3) is 0 Å². The Morgan fingerprint density at radius 3 is 0.764 bits per heavy atom. The minimum absolute atomic E-state index is 0.0450. The van der Waals surface area contributed by atoms with E-state index in [1.54, 1.807) is 0 Å². The van der Waals surface area contributed by atoms with Gasteiger partial charge in [-0.05, 0) is 44.1 Å². The summed E-state index contributed by atoms with van der Waals surface area (Å²) in [6.45, 7) is 17.2. The molecule has 0 amide bonds. The van der Waals surface area contributed by atoms with Crippen molar-refractivity contribution in [3.8, 4) is 0 Å². The first-order valence-electron chi connectivity index (χ1n) is 28.6. The van der Waals surface area contributed by atoms with Crippen molar-refractivity contribution in [2.75, 3.05) is 63.4 Å². The Hall–Kier alpha value is -0.690. The Labute approximate surface area is 573 Å². The van der Waals surface area contributed by atoms with Gasteiger partial charge in [0.15, 0.2) is 61.4 Å². The highest BCUT2D eigenvalue weighted by Gasteiger charge is 2.51. The molecule has 0 N–H and O–H groups in total. The van der Waals surface area contributed by atoms with Crippen molar-refractivity contribution >= 4 is 203 Å². The number of thioether (sulfide) groups is 12. The average molecular weight is 1470 g/mol. The quantitative estimate of drug-likeness (QED) is 0.0246. The van der Waals surface area contributed by atoms with Crippen LogP contribution < -0.4 is 0 Å². The van der Waals surface area contributed by atoms with Gasteiger partial charge in [-0.1, -0.05) is 146 Å². The van der Waals surface area contributed by atoms with Gasteiger partial charge in [-0.2, -0.15) is 0 Å². The normalized spacial score (nSPS) is 27.0. The molecular formula is C56H83N3O18S12. The number of rotatable bonds is 35. The maximum absolute atomic E-state index is 12.8.